The van der Waals surface area contributed by atoms with Crippen molar-refractivity contribution >= 4 is 23.9 Å². The van der Waals surface area contributed by atoms with E-state index in [2.05, 4.69) is 9.47 Å². The van der Waals surface area contributed by atoms with Gasteiger partial charge in [-0.25, -0.2) is 0 Å². The maximum Gasteiger partial charge on any atom is 0.321 e. The van der Waals surface area contributed by atoms with Crippen molar-refractivity contribution in [2.45, 2.75) is 24.9 Å². The van der Waals surface area contributed by atoms with Gasteiger partial charge in [0.15, 0.2) is 0 Å². The third-order valence-electron chi connectivity index (χ3n) is 1.85. The van der Waals surface area contributed by atoms with Gasteiger partial charge in [-0.2, -0.15) is 0 Å². The molecule has 0 rings (SSSR count). The summed E-state index contributed by atoms with van der Waals surface area (Å²) in [5, 5.41) is 16.8. The molecule has 0 aliphatic rings. The summed E-state index contributed by atoms with van der Waals surface area (Å²) in [6, 6.07) is -2.83. The smallest absolute Gasteiger partial charge is 0.321 e. The van der Waals surface area contributed by atoms with Gasteiger partial charge in [0.05, 0.1) is 12.8 Å². The number of carboxylic acid groups (broad SMARTS) is 2. The molecule has 0 spiro atoms. The number of carbonyl (C=O) groups excluding carboxylic acids is 2. The number of nitrogens with two attached hydrogens (primary N) is 2. The van der Waals surface area contributed by atoms with Crippen molar-refractivity contribution in [2.75, 3.05) is 6.79 Å². The molecule has 0 bridgehead atoms. The number of hydrogen-bond donors (Lipinski definition) is 4. The summed E-state index contributed by atoms with van der Waals surface area (Å²) in [6.07, 6.45) is -1.16. The van der Waals surface area contributed by atoms with Gasteiger partial charge < -0.3 is 31.2 Å². The lowest BCUT2D eigenvalue weighted by atomic mass is 10.2. The lowest BCUT2D eigenvalue weighted by molar-refractivity contribution is -0.169. The minimum atomic E-state index is -1.41. The van der Waals surface area contributed by atoms with Crippen LogP contribution in [0.15, 0.2) is 0 Å². The van der Waals surface area contributed by atoms with Crippen LogP contribution in [-0.4, -0.2) is 53.0 Å². The van der Waals surface area contributed by atoms with Gasteiger partial charge in [0.25, 0.3) is 0 Å². The van der Waals surface area contributed by atoms with Gasteiger partial charge >= 0.3 is 23.9 Å². The Balaban J connectivity index is 3.85. The highest BCUT2D eigenvalue weighted by atomic mass is 16.7. The second-order valence-electron chi connectivity index (χ2n) is 3.45. The molecule has 0 aromatic rings. The van der Waals surface area contributed by atoms with Crippen molar-refractivity contribution in [1.82, 2.24) is 0 Å². The summed E-state index contributed by atoms with van der Waals surface area (Å²) < 4.78 is 8.72. The largest absolute Gasteiger partial charge is 0.480 e. The maximum atomic E-state index is 11.0. The molecule has 0 aromatic carbocycles. The molecule has 10 heteroatoms. The van der Waals surface area contributed by atoms with Crippen LogP contribution in [0.4, 0.5) is 0 Å². The first-order chi connectivity index (χ1) is 8.73. The van der Waals surface area contributed by atoms with Gasteiger partial charge in [-0.05, 0) is 0 Å². The molecule has 0 saturated heterocycles. The van der Waals surface area contributed by atoms with Crippen molar-refractivity contribution in [3.8, 4) is 0 Å². The van der Waals surface area contributed by atoms with E-state index in [1.54, 1.807) is 0 Å². The Kier molecular flexibility index (Phi) is 7.07. The van der Waals surface area contributed by atoms with Gasteiger partial charge in [-0.15, -0.1) is 0 Å². The molecule has 0 aromatic heterocycles. The summed E-state index contributed by atoms with van der Waals surface area (Å²) >= 11 is 0. The Morgan fingerprint density at radius 3 is 1.42 bits per heavy atom. The Morgan fingerprint density at radius 2 is 1.16 bits per heavy atom. The third kappa shape index (κ3) is 7.68. The maximum absolute atomic E-state index is 11.0. The number of carbonyl (C=O) groups is 4. The summed E-state index contributed by atoms with van der Waals surface area (Å²) in [6.45, 7) is -0.768. The second-order valence-corrected chi connectivity index (χ2v) is 3.45. The quantitative estimate of drug-likeness (QED) is 0.277. The van der Waals surface area contributed by atoms with Crippen LogP contribution in [-0.2, 0) is 28.7 Å². The van der Waals surface area contributed by atoms with Crippen LogP contribution < -0.4 is 11.5 Å². The van der Waals surface area contributed by atoms with Gasteiger partial charge in [-0.3, -0.25) is 19.2 Å². The lowest BCUT2D eigenvalue weighted by Gasteiger charge is -2.09. The Bertz CT molecular complexity index is 335. The molecule has 0 unspecified atom stereocenters. The van der Waals surface area contributed by atoms with Gasteiger partial charge in [0.1, 0.15) is 12.1 Å². The first-order valence-corrected chi connectivity index (χ1v) is 5.02. The third-order valence-corrected chi connectivity index (χ3v) is 1.85. The molecule has 19 heavy (non-hydrogen) atoms. The number of aliphatic carboxylic acids is 2. The number of rotatable bonds is 8. The van der Waals surface area contributed by atoms with Crippen LogP contribution in [0.5, 0.6) is 0 Å². The summed E-state index contributed by atoms with van der Waals surface area (Å²) in [5.41, 5.74) is 10.1. The van der Waals surface area contributed by atoms with Crippen LogP contribution in [0.25, 0.3) is 0 Å². The molecular weight excluding hydrogens is 264 g/mol. The van der Waals surface area contributed by atoms with Crippen LogP contribution >= 0.6 is 0 Å². The lowest BCUT2D eigenvalue weighted by Crippen LogP contribution is -2.34. The first kappa shape index (κ1) is 16.8. The van der Waals surface area contributed by atoms with Crippen molar-refractivity contribution in [1.29, 1.82) is 0 Å². The molecule has 0 saturated carbocycles. The summed E-state index contributed by atoms with van der Waals surface area (Å²) in [7, 11) is 0. The molecule has 0 aliphatic heterocycles. The zero-order chi connectivity index (χ0) is 15.0. The molecule has 0 amide bonds. The van der Waals surface area contributed by atoms with E-state index in [4.69, 9.17) is 21.7 Å². The molecule has 2 atom stereocenters. The standard InChI is InChI=1S/C9H14N2O8/c10-4(8(14)15)1-6(12)18-3-19-7(13)2-5(11)9(16)17/h4-5H,1-3,10-11H2,(H,14,15)(H,16,17)/t4-,5-/m0/s1. The fourth-order valence-corrected chi connectivity index (χ4v) is 0.812. The highest BCUT2D eigenvalue weighted by Gasteiger charge is 2.19. The Hall–Kier alpha value is -2.20. The predicted octanol–water partition coefficient (Wildman–Crippen LogP) is -2.37. The minimum absolute atomic E-state index is 0.582. The molecule has 0 aliphatic carbocycles. The average Bonchev–Trinajstić information content (AvgIpc) is 2.28. The molecule has 0 radical (unpaired) electrons. The van der Waals surface area contributed by atoms with E-state index in [-0.39, 0.29) is 0 Å². The van der Waals surface area contributed by atoms with Gasteiger partial charge in [0, 0.05) is 0 Å². The van der Waals surface area contributed by atoms with Crippen molar-refractivity contribution < 1.29 is 38.9 Å². The van der Waals surface area contributed by atoms with Gasteiger partial charge in [-0.1, -0.05) is 0 Å². The molecule has 0 fully saturated rings. The number of carboxylic acids is 2. The van der Waals surface area contributed by atoms with E-state index in [1.165, 1.54) is 0 Å². The first-order valence-electron chi connectivity index (χ1n) is 5.02. The topological polar surface area (TPSA) is 179 Å². The molecule has 10 nitrogen and oxygen atoms in total. The zero-order valence-electron chi connectivity index (χ0n) is 9.77. The number of ether oxygens (including phenoxy) is 2. The van der Waals surface area contributed by atoms with Gasteiger partial charge in [0.2, 0.25) is 6.79 Å². The van der Waals surface area contributed by atoms with Crippen LogP contribution in [0.1, 0.15) is 12.8 Å². The predicted molar refractivity (Wildman–Crippen MR) is 57.5 cm³/mol. The zero-order valence-corrected chi connectivity index (χ0v) is 9.77. The molecular formula is C9H14N2O8. The minimum Gasteiger partial charge on any atom is -0.480 e. The highest BCUT2D eigenvalue weighted by molar-refractivity contribution is 5.82. The van der Waals surface area contributed by atoms with Crippen molar-refractivity contribution in [3.05, 3.63) is 0 Å². The van der Waals surface area contributed by atoms with Crippen LogP contribution in [0, 0.1) is 0 Å². The van der Waals surface area contributed by atoms with E-state index in [9.17, 15) is 19.2 Å². The molecule has 6 N–H and O–H groups in total. The summed E-state index contributed by atoms with van der Waals surface area (Å²) in [4.78, 5) is 42.6. The summed E-state index contributed by atoms with van der Waals surface area (Å²) in [5.74, 6) is -4.68. The normalized spacial score (nSPS) is 13.2. The van der Waals surface area contributed by atoms with E-state index in [1.807, 2.05) is 0 Å². The van der Waals surface area contributed by atoms with E-state index >= 15 is 0 Å². The van der Waals surface area contributed by atoms with E-state index in [0.717, 1.165) is 0 Å². The van der Waals surface area contributed by atoms with Crippen molar-refractivity contribution in [2.24, 2.45) is 11.5 Å². The van der Waals surface area contributed by atoms with Crippen LogP contribution in [0.3, 0.4) is 0 Å². The van der Waals surface area contributed by atoms with E-state index in [0.29, 0.717) is 0 Å². The number of esters is 2. The second kappa shape index (κ2) is 8.00. The highest BCUT2D eigenvalue weighted by Crippen LogP contribution is 1.96. The van der Waals surface area contributed by atoms with E-state index < -0.39 is 55.6 Å². The van der Waals surface area contributed by atoms with Crippen LogP contribution in [0.2, 0.25) is 0 Å². The monoisotopic (exact) mass is 278 g/mol. The number of hydrogen-bond acceptors (Lipinski definition) is 8. The fraction of sp³-hybridized carbons (Fsp3) is 0.556. The Morgan fingerprint density at radius 1 is 0.842 bits per heavy atom. The average molecular weight is 278 g/mol. The molecule has 108 valence electrons. The Labute approximate surface area is 107 Å². The fourth-order valence-electron chi connectivity index (χ4n) is 0.812. The SMILES string of the molecule is N[C@@H](CC(=O)OCOC(=O)C[C@H](N)C(=O)O)C(=O)O. The molecule has 0 heterocycles. The van der Waals surface area contributed by atoms with Crippen molar-refractivity contribution in [3.63, 3.8) is 0 Å².